The van der Waals surface area contributed by atoms with Crippen molar-refractivity contribution in [2.45, 2.75) is 9.10 Å². The Kier molecular flexibility index (Phi) is 4.79. The Hall–Kier alpha value is -3.90. The van der Waals surface area contributed by atoms with Crippen LogP contribution >= 0.6 is 11.3 Å². The Bertz CT molecular complexity index is 1580. The summed E-state index contributed by atoms with van der Waals surface area (Å²) in [6.07, 6.45) is 2.69. The first-order valence-electron chi connectivity index (χ1n) is 9.21. The molecule has 0 aliphatic rings. The number of fused-ring (bicyclic) bond motifs is 3. The molecule has 0 unspecified atom stereocenters. The fourth-order valence-corrected chi connectivity index (χ4v) is 5.71. The normalized spacial score (nSPS) is 11.7. The van der Waals surface area contributed by atoms with Crippen LogP contribution in [0.15, 0.2) is 69.3 Å². The smallest absolute Gasteiger partial charge is 0.217 e. The van der Waals surface area contributed by atoms with Gasteiger partial charge in [0.15, 0.2) is 5.13 Å². The first-order chi connectivity index (χ1) is 15.5. The molecule has 2 aromatic carbocycles. The standard InChI is InChI=1S/C20H14N6O4S2/c1-30-12-4-7-14-15(8-12)24-18-17(14)19(23-10-22-18)25-20-21-9-16(31-20)32(28,29)13-5-2-11(26-27)3-6-13/h2-10H,1H3,(H2,21,22,23,24,25). The number of aromatic amines is 1. The Morgan fingerprint density at radius 1 is 1.09 bits per heavy atom. The van der Waals surface area contributed by atoms with Crippen molar-refractivity contribution in [1.29, 1.82) is 0 Å². The van der Waals surface area contributed by atoms with Gasteiger partial charge >= 0.3 is 0 Å². The van der Waals surface area contributed by atoms with Gasteiger partial charge in [-0.1, -0.05) is 11.3 Å². The van der Waals surface area contributed by atoms with E-state index in [1.807, 2.05) is 18.2 Å². The molecule has 3 aromatic heterocycles. The first-order valence-corrected chi connectivity index (χ1v) is 11.5. The van der Waals surface area contributed by atoms with Gasteiger partial charge in [-0.25, -0.2) is 23.4 Å². The molecule has 2 N–H and O–H groups in total. The number of methoxy groups -OCH3 is 1. The average Bonchev–Trinajstić information content (AvgIpc) is 3.44. The minimum absolute atomic E-state index is 0.0510. The maximum Gasteiger partial charge on any atom is 0.217 e. The summed E-state index contributed by atoms with van der Waals surface area (Å²) in [5.74, 6) is 1.20. The molecule has 0 aliphatic heterocycles. The van der Waals surface area contributed by atoms with Crippen LogP contribution in [0.25, 0.3) is 21.9 Å². The van der Waals surface area contributed by atoms with Crippen molar-refractivity contribution in [3.63, 3.8) is 0 Å². The Morgan fingerprint density at radius 2 is 1.91 bits per heavy atom. The van der Waals surface area contributed by atoms with E-state index < -0.39 is 9.84 Å². The molecule has 0 saturated heterocycles. The molecule has 0 radical (unpaired) electrons. The highest BCUT2D eigenvalue weighted by Gasteiger charge is 2.22. The second-order valence-corrected chi connectivity index (χ2v) is 9.89. The molecule has 5 rings (SSSR count). The number of nitrogens with one attached hydrogen (secondary N) is 2. The van der Waals surface area contributed by atoms with Gasteiger partial charge in [-0.2, -0.15) is 0 Å². The highest BCUT2D eigenvalue weighted by atomic mass is 32.2. The summed E-state index contributed by atoms with van der Waals surface area (Å²) in [4.78, 5) is 26.7. The van der Waals surface area contributed by atoms with Crippen molar-refractivity contribution in [2.24, 2.45) is 5.18 Å². The van der Waals surface area contributed by atoms with Crippen LogP contribution in [-0.4, -0.2) is 35.5 Å². The summed E-state index contributed by atoms with van der Waals surface area (Å²) in [7, 11) is -2.19. The zero-order valence-electron chi connectivity index (χ0n) is 16.4. The number of thiazole rings is 1. The number of ether oxygens (including phenoxy) is 1. The van der Waals surface area contributed by atoms with Crippen LogP contribution in [0.2, 0.25) is 0 Å². The van der Waals surface area contributed by atoms with E-state index in [2.05, 4.69) is 30.4 Å². The lowest BCUT2D eigenvalue weighted by molar-refractivity contribution is 0.415. The molecular formula is C20H14N6O4S2. The number of hydrogen-bond donors (Lipinski definition) is 2. The molecule has 0 bridgehead atoms. The second-order valence-electron chi connectivity index (χ2n) is 6.68. The van der Waals surface area contributed by atoms with Gasteiger partial charge in [0.25, 0.3) is 0 Å². The number of hydrogen-bond acceptors (Lipinski definition) is 10. The fraction of sp³-hybridized carbons (Fsp3) is 0.0500. The Balaban J connectivity index is 1.51. The van der Waals surface area contributed by atoms with Crippen molar-refractivity contribution < 1.29 is 13.2 Å². The van der Waals surface area contributed by atoms with Crippen molar-refractivity contribution in [1.82, 2.24) is 19.9 Å². The molecule has 3 heterocycles. The number of rotatable bonds is 6. The van der Waals surface area contributed by atoms with Gasteiger partial charge < -0.3 is 15.0 Å². The molecule has 0 spiro atoms. The molecule has 12 heteroatoms. The zero-order chi connectivity index (χ0) is 22.3. The number of anilines is 2. The highest BCUT2D eigenvalue weighted by Crippen LogP contribution is 2.35. The molecule has 160 valence electrons. The quantitative estimate of drug-likeness (QED) is 0.347. The zero-order valence-corrected chi connectivity index (χ0v) is 18.1. The third-order valence-corrected chi connectivity index (χ3v) is 7.97. The van der Waals surface area contributed by atoms with E-state index in [4.69, 9.17) is 4.74 Å². The number of nitrogens with zero attached hydrogens (tertiary/aromatic N) is 4. The lowest BCUT2D eigenvalue weighted by Gasteiger charge is -2.04. The molecule has 0 aliphatic carbocycles. The van der Waals surface area contributed by atoms with Gasteiger partial charge in [-0.15, -0.1) is 4.91 Å². The number of nitroso groups, excluding NO2 is 1. The molecule has 32 heavy (non-hydrogen) atoms. The van der Waals surface area contributed by atoms with E-state index in [0.29, 0.717) is 22.3 Å². The van der Waals surface area contributed by atoms with Crippen LogP contribution in [0.3, 0.4) is 0 Å². The van der Waals surface area contributed by atoms with Crippen LogP contribution in [0.1, 0.15) is 0 Å². The number of aromatic nitrogens is 4. The van der Waals surface area contributed by atoms with Crippen LogP contribution in [0.4, 0.5) is 16.6 Å². The van der Waals surface area contributed by atoms with Gasteiger partial charge in [0, 0.05) is 11.5 Å². The molecule has 0 fully saturated rings. The maximum absolute atomic E-state index is 12.9. The average molecular weight is 467 g/mol. The van der Waals surface area contributed by atoms with Gasteiger partial charge in [0.05, 0.1) is 29.1 Å². The SMILES string of the molecule is COc1ccc2c(c1)[nH]c1ncnc(Nc3ncc(S(=O)(=O)c4ccc(N=O)cc4)s3)c12. The lowest BCUT2D eigenvalue weighted by atomic mass is 10.2. The summed E-state index contributed by atoms with van der Waals surface area (Å²) in [5, 5.41) is 7.88. The summed E-state index contributed by atoms with van der Waals surface area (Å²) in [5.41, 5.74) is 1.61. The van der Waals surface area contributed by atoms with Gasteiger partial charge in [-0.05, 0) is 41.6 Å². The highest BCUT2D eigenvalue weighted by molar-refractivity contribution is 7.93. The van der Waals surface area contributed by atoms with Crippen molar-refractivity contribution >= 4 is 59.7 Å². The van der Waals surface area contributed by atoms with Gasteiger partial charge in [0.1, 0.15) is 33.4 Å². The topological polar surface area (TPSA) is 139 Å². The number of benzene rings is 2. The van der Waals surface area contributed by atoms with Crippen LogP contribution in [-0.2, 0) is 9.84 Å². The van der Waals surface area contributed by atoms with E-state index in [0.717, 1.165) is 27.6 Å². The molecule has 5 aromatic rings. The Labute approximate surface area is 185 Å². The summed E-state index contributed by atoms with van der Waals surface area (Å²) in [6, 6.07) is 11.0. The predicted molar refractivity (Wildman–Crippen MR) is 121 cm³/mol. The largest absolute Gasteiger partial charge is 0.497 e. The van der Waals surface area contributed by atoms with E-state index >= 15 is 0 Å². The van der Waals surface area contributed by atoms with Crippen LogP contribution < -0.4 is 10.1 Å². The molecular weight excluding hydrogens is 452 g/mol. The maximum atomic E-state index is 12.9. The monoisotopic (exact) mass is 466 g/mol. The van der Waals surface area contributed by atoms with Crippen molar-refractivity contribution in [3.05, 3.63) is 59.9 Å². The third kappa shape index (κ3) is 3.35. The van der Waals surface area contributed by atoms with Crippen molar-refractivity contribution in [3.8, 4) is 5.75 Å². The summed E-state index contributed by atoms with van der Waals surface area (Å²) >= 11 is 0.976. The molecule has 0 saturated carbocycles. The van der Waals surface area contributed by atoms with Crippen molar-refractivity contribution in [2.75, 3.05) is 12.4 Å². The van der Waals surface area contributed by atoms with Gasteiger partial charge in [0.2, 0.25) is 9.84 Å². The Morgan fingerprint density at radius 3 is 2.66 bits per heavy atom. The van der Waals surface area contributed by atoms with Crippen LogP contribution in [0, 0.1) is 4.91 Å². The fourth-order valence-electron chi connectivity index (χ4n) is 3.27. The molecule has 0 atom stereocenters. The number of sulfone groups is 1. The van der Waals surface area contributed by atoms with E-state index in [1.165, 1.54) is 36.8 Å². The third-order valence-electron chi connectivity index (χ3n) is 4.82. The second kappa shape index (κ2) is 7.66. The van der Waals surface area contributed by atoms with E-state index in [-0.39, 0.29) is 14.8 Å². The first kappa shape index (κ1) is 20.0. The summed E-state index contributed by atoms with van der Waals surface area (Å²) < 4.78 is 31.1. The van der Waals surface area contributed by atoms with E-state index in [1.54, 1.807) is 7.11 Å². The van der Waals surface area contributed by atoms with E-state index in [9.17, 15) is 13.3 Å². The van der Waals surface area contributed by atoms with Gasteiger partial charge in [-0.3, -0.25) is 0 Å². The minimum Gasteiger partial charge on any atom is -0.497 e. The predicted octanol–water partition coefficient (Wildman–Crippen LogP) is 4.55. The minimum atomic E-state index is -3.79. The molecule has 0 amide bonds. The summed E-state index contributed by atoms with van der Waals surface area (Å²) in [6.45, 7) is 0. The number of H-pyrrole nitrogens is 1. The molecule has 10 nitrogen and oxygen atoms in total. The lowest BCUT2D eigenvalue weighted by Crippen LogP contribution is -1.98. The van der Waals surface area contributed by atoms with Crippen LogP contribution in [0.5, 0.6) is 5.75 Å².